The molecule has 0 amide bonds. The predicted octanol–water partition coefficient (Wildman–Crippen LogP) is 3.64. The van der Waals surface area contributed by atoms with Crippen LogP contribution < -0.4 is 10.6 Å². The third-order valence-corrected chi connectivity index (χ3v) is 8.70. The third-order valence-electron chi connectivity index (χ3n) is 7.66. The van der Waals surface area contributed by atoms with E-state index in [9.17, 15) is 15.3 Å². The number of nitrogens with one attached hydrogen (secondary N) is 2. The summed E-state index contributed by atoms with van der Waals surface area (Å²) in [5.41, 5.74) is 5.11. The Bertz CT molecular complexity index is 1660. The normalized spacial score (nSPS) is 21.3. The lowest BCUT2D eigenvalue weighted by Crippen LogP contribution is -2.35. The Morgan fingerprint density at radius 3 is 2.51 bits per heavy atom. The topological polar surface area (TPSA) is 154 Å². The average molecular weight is 573 g/mol. The number of rotatable bonds is 8. The number of nitrogens with zero attached hydrogens (tertiary/aromatic N) is 6. The van der Waals surface area contributed by atoms with Crippen molar-refractivity contribution < 1.29 is 15.3 Å². The number of pyridine rings is 1. The lowest BCUT2D eigenvalue weighted by atomic mass is 10.1. The number of aliphatic hydroxyl groups excluding tert-OH is 3. The van der Waals surface area contributed by atoms with Gasteiger partial charge in [-0.05, 0) is 57.0 Å². The number of fused-ring (bicyclic) bond motifs is 1. The van der Waals surface area contributed by atoms with Crippen LogP contribution in [0, 0.1) is 19.8 Å². The second-order valence-corrected chi connectivity index (χ2v) is 11.5. The first-order valence-electron chi connectivity index (χ1n) is 13.5. The summed E-state index contributed by atoms with van der Waals surface area (Å²) in [5, 5.41) is 42.7. The van der Waals surface area contributed by atoms with Gasteiger partial charge in [-0.2, -0.15) is 10.1 Å². The van der Waals surface area contributed by atoms with Crippen LogP contribution in [-0.4, -0.2) is 69.9 Å². The first-order valence-corrected chi connectivity index (χ1v) is 14.3. The lowest BCUT2D eigenvalue weighted by Gasteiger charge is -2.22. The van der Waals surface area contributed by atoms with Gasteiger partial charge in [0.25, 0.3) is 0 Å². The van der Waals surface area contributed by atoms with E-state index in [1.165, 1.54) is 11.3 Å². The van der Waals surface area contributed by atoms with E-state index in [4.69, 9.17) is 15.0 Å². The summed E-state index contributed by atoms with van der Waals surface area (Å²) in [4.78, 5) is 18.9. The van der Waals surface area contributed by atoms with Crippen LogP contribution in [0.3, 0.4) is 0 Å². The summed E-state index contributed by atoms with van der Waals surface area (Å²) >= 11 is 1.52. The molecule has 5 N–H and O–H groups in total. The van der Waals surface area contributed by atoms with Crippen LogP contribution in [0.1, 0.15) is 36.3 Å². The summed E-state index contributed by atoms with van der Waals surface area (Å²) in [6, 6.07) is 11.3. The standard InChI is InChI=1S/C29H32N8O3S/c1-15(18-5-7-20(8-6-18)37-12-4-10-31-37)32-29-33-16(2)23(28-35-24-17(3)30-11-9-22(24)41-28)27(36-29)34-21-13-19(14-38)25(39)26(21)40/h4-12,15,19,21,25-26,38-40H,13-14H2,1-3H3,(H2,32,33,34,36)/t15-,19-,21-,25-,26+/m1/s1. The van der Waals surface area contributed by atoms with Crippen LogP contribution in [0.25, 0.3) is 26.5 Å². The van der Waals surface area contributed by atoms with Crippen LogP contribution in [0.2, 0.25) is 0 Å². The summed E-state index contributed by atoms with van der Waals surface area (Å²) in [7, 11) is 0. The molecule has 41 heavy (non-hydrogen) atoms. The Balaban J connectivity index is 1.34. The van der Waals surface area contributed by atoms with Gasteiger partial charge in [0.15, 0.2) is 0 Å². The Labute approximate surface area is 241 Å². The Hall–Kier alpha value is -3.97. The maximum atomic E-state index is 10.7. The maximum absolute atomic E-state index is 10.7. The van der Waals surface area contributed by atoms with Crippen LogP contribution in [-0.2, 0) is 0 Å². The van der Waals surface area contributed by atoms with Crippen LogP contribution in [0.15, 0.2) is 55.0 Å². The summed E-state index contributed by atoms with van der Waals surface area (Å²) in [6.45, 7) is 5.66. The number of benzene rings is 1. The molecule has 0 aliphatic heterocycles. The zero-order chi connectivity index (χ0) is 28.7. The fraction of sp³-hybridized carbons (Fsp3) is 0.345. The molecule has 0 unspecified atom stereocenters. The second-order valence-electron chi connectivity index (χ2n) is 10.4. The highest BCUT2D eigenvalue weighted by molar-refractivity contribution is 7.21. The fourth-order valence-corrected chi connectivity index (χ4v) is 6.44. The van der Waals surface area contributed by atoms with E-state index in [0.717, 1.165) is 37.7 Å². The minimum absolute atomic E-state index is 0.103. The molecule has 0 saturated heterocycles. The highest BCUT2D eigenvalue weighted by Gasteiger charge is 2.41. The predicted molar refractivity (Wildman–Crippen MR) is 158 cm³/mol. The summed E-state index contributed by atoms with van der Waals surface area (Å²) in [6.07, 6.45) is 3.72. The molecule has 5 atom stereocenters. The van der Waals surface area contributed by atoms with E-state index in [2.05, 4.69) is 20.7 Å². The molecule has 5 aromatic rings. The van der Waals surface area contributed by atoms with Crippen LogP contribution in [0.4, 0.5) is 11.8 Å². The molecule has 0 spiro atoms. The van der Waals surface area contributed by atoms with E-state index in [-0.39, 0.29) is 12.6 Å². The molecule has 12 heteroatoms. The van der Waals surface area contributed by atoms with Crippen molar-refractivity contribution in [2.45, 2.75) is 51.5 Å². The van der Waals surface area contributed by atoms with Gasteiger partial charge in [0.1, 0.15) is 22.4 Å². The number of hydrogen-bond acceptors (Lipinski definition) is 11. The van der Waals surface area contributed by atoms with Gasteiger partial charge in [-0.1, -0.05) is 12.1 Å². The number of aromatic nitrogens is 6. The van der Waals surface area contributed by atoms with Gasteiger partial charge in [0, 0.05) is 31.1 Å². The zero-order valence-corrected chi connectivity index (χ0v) is 23.7. The van der Waals surface area contributed by atoms with Crippen molar-refractivity contribution in [1.29, 1.82) is 0 Å². The van der Waals surface area contributed by atoms with Crippen molar-refractivity contribution in [2.24, 2.45) is 5.92 Å². The molecule has 1 saturated carbocycles. The minimum atomic E-state index is -1.05. The van der Waals surface area contributed by atoms with Crippen LogP contribution >= 0.6 is 11.3 Å². The van der Waals surface area contributed by atoms with E-state index in [0.29, 0.717) is 23.9 Å². The molecule has 6 rings (SSSR count). The molecule has 1 aliphatic rings. The highest BCUT2D eigenvalue weighted by atomic mass is 32.1. The molecule has 1 fully saturated rings. The molecule has 0 radical (unpaired) electrons. The number of thiazole rings is 1. The average Bonchev–Trinajstić information content (AvgIpc) is 3.70. The monoisotopic (exact) mass is 572 g/mol. The molecular formula is C29H32N8O3S. The fourth-order valence-electron chi connectivity index (χ4n) is 5.33. The molecule has 0 bridgehead atoms. The smallest absolute Gasteiger partial charge is 0.225 e. The molecule has 1 aliphatic carbocycles. The van der Waals surface area contributed by atoms with Gasteiger partial charge < -0.3 is 26.0 Å². The summed E-state index contributed by atoms with van der Waals surface area (Å²) < 4.78 is 2.81. The molecule has 212 valence electrons. The first kappa shape index (κ1) is 27.2. The molecule has 4 heterocycles. The Morgan fingerprint density at radius 1 is 1.02 bits per heavy atom. The number of anilines is 2. The number of hydrogen-bond donors (Lipinski definition) is 5. The van der Waals surface area contributed by atoms with E-state index in [1.807, 2.05) is 63.4 Å². The largest absolute Gasteiger partial charge is 0.396 e. The zero-order valence-electron chi connectivity index (χ0n) is 22.9. The molecule has 1 aromatic carbocycles. The first-order chi connectivity index (χ1) is 19.8. The van der Waals surface area contributed by atoms with Gasteiger partial charge in [-0.25, -0.2) is 14.6 Å². The number of aliphatic hydroxyl groups is 3. The van der Waals surface area contributed by atoms with Gasteiger partial charge in [0.2, 0.25) is 5.95 Å². The van der Waals surface area contributed by atoms with Crippen LogP contribution in [0.5, 0.6) is 0 Å². The molecule has 11 nitrogen and oxygen atoms in total. The van der Waals surface area contributed by atoms with Crippen molar-refractivity contribution >= 4 is 33.3 Å². The third kappa shape index (κ3) is 5.26. The minimum Gasteiger partial charge on any atom is -0.396 e. The highest BCUT2D eigenvalue weighted by Crippen LogP contribution is 2.38. The van der Waals surface area contributed by atoms with Gasteiger partial charge in [-0.15, -0.1) is 11.3 Å². The lowest BCUT2D eigenvalue weighted by molar-refractivity contribution is 0.00446. The van der Waals surface area contributed by atoms with Gasteiger partial charge in [0.05, 0.1) is 45.5 Å². The SMILES string of the molecule is Cc1nc(N[C@H](C)c2ccc(-n3cccn3)cc2)nc(N[C@@H]2C[C@H](CO)[C@@H](O)[C@H]2O)c1-c1nc2c(C)nccc2s1. The second kappa shape index (κ2) is 11.1. The molecule has 4 aromatic heterocycles. The van der Waals surface area contributed by atoms with Crippen molar-refractivity contribution in [3.05, 3.63) is 71.9 Å². The van der Waals surface area contributed by atoms with Crippen molar-refractivity contribution in [2.75, 3.05) is 17.2 Å². The van der Waals surface area contributed by atoms with Crippen molar-refractivity contribution in [3.8, 4) is 16.3 Å². The number of aryl methyl sites for hydroxylation is 2. The van der Waals surface area contributed by atoms with Gasteiger partial charge in [-0.3, -0.25) is 4.98 Å². The van der Waals surface area contributed by atoms with Gasteiger partial charge >= 0.3 is 0 Å². The van der Waals surface area contributed by atoms with Crippen molar-refractivity contribution in [3.63, 3.8) is 0 Å². The summed E-state index contributed by atoms with van der Waals surface area (Å²) in [5.74, 6) is 0.497. The van der Waals surface area contributed by atoms with E-state index >= 15 is 0 Å². The quantitative estimate of drug-likeness (QED) is 0.186. The Morgan fingerprint density at radius 2 is 1.83 bits per heavy atom. The maximum Gasteiger partial charge on any atom is 0.225 e. The van der Waals surface area contributed by atoms with Crippen molar-refractivity contribution in [1.82, 2.24) is 29.7 Å². The molecular weight excluding hydrogens is 540 g/mol. The van der Waals surface area contributed by atoms with E-state index in [1.54, 1.807) is 17.1 Å². The Kier molecular flexibility index (Phi) is 7.39. The van der Waals surface area contributed by atoms with E-state index < -0.39 is 24.2 Å².